The van der Waals surface area contributed by atoms with Crippen LogP contribution in [0.15, 0.2) is 22.8 Å². The van der Waals surface area contributed by atoms with Gasteiger partial charge in [-0.05, 0) is 45.0 Å². The van der Waals surface area contributed by atoms with Crippen molar-refractivity contribution in [3.8, 4) is 0 Å². The number of nitrogens with one attached hydrogen (secondary N) is 1. The van der Waals surface area contributed by atoms with Crippen LogP contribution in [0.5, 0.6) is 0 Å². The molecule has 0 radical (unpaired) electrons. The molecule has 4 heteroatoms. The van der Waals surface area contributed by atoms with Gasteiger partial charge >= 0.3 is 0 Å². The molecule has 23 heavy (non-hydrogen) atoms. The number of aryl methyl sites for hydroxylation is 2. The van der Waals surface area contributed by atoms with E-state index in [-0.39, 0.29) is 5.91 Å². The van der Waals surface area contributed by atoms with Gasteiger partial charge in [0.15, 0.2) is 0 Å². The minimum Gasteiger partial charge on any atom is -0.464 e. The minimum atomic E-state index is 0.0402. The van der Waals surface area contributed by atoms with E-state index in [9.17, 15) is 4.79 Å². The van der Waals surface area contributed by atoms with Crippen LogP contribution in [0.1, 0.15) is 30.5 Å². The second-order valence-corrected chi connectivity index (χ2v) is 6.90. The molecule has 2 aromatic rings. The third-order valence-corrected chi connectivity index (χ3v) is 4.63. The van der Waals surface area contributed by atoms with E-state index in [1.165, 1.54) is 5.56 Å². The van der Waals surface area contributed by atoms with Gasteiger partial charge in [-0.25, -0.2) is 0 Å². The first kappa shape index (κ1) is 17.5. The molecule has 1 heterocycles. The van der Waals surface area contributed by atoms with Gasteiger partial charge in [0, 0.05) is 23.5 Å². The topological polar surface area (TPSA) is 45.5 Å². The zero-order chi connectivity index (χ0) is 17.1. The monoisotopic (exact) mass is 316 g/mol. The number of rotatable bonds is 6. The van der Waals surface area contributed by atoms with E-state index in [0.29, 0.717) is 24.9 Å². The molecule has 0 saturated heterocycles. The van der Waals surface area contributed by atoms with Crippen molar-refractivity contribution in [2.24, 2.45) is 5.92 Å². The number of hydrogen-bond donors (Lipinski definition) is 1. The van der Waals surface area contributed by atoms with Crippen LogP contribution in [0.4, 0.5) is 0 Å². The standard InChI is InChI=1S/C19H28N2O2/c1-12(2)17(21(5)6)10-20-18(22)9-15-11-23-19-14(4)13(3)7-8-16(15)19/h7-8,11-12,17H,9-10H2,1-6H3,(H,20,22). The Hall–Kier alpha value is -1.81. The lowest BCUT2D eigenvalue weighted by molar-refractivity contribution is -0.120. The van der Waals surface area contributed by atoms with Gasteiger partial charge in [0.25, 0.3) is 0 Å². The SMILES string of the molecule is Cc1ccc2c(CC(=O)NCC(C(C)C)N(C)C)coc2c1C. The number of benzene rings is 1. The molecule has 0 saturated carbocycles. The zero-order valence-electron chi connectivity index (χ0n) is 15.1. The fraction of sp³-hybridized carbons (Fsp3) is 0.526. The largest absolute Gasteiger partial charge is 0.464 e. The molecule has 0 spiro atoms. The van der Waals surface area contributed by atoms with Crippen LogP contribution in [-0.2, 0) is 11.2 Å². The third-order valence-electron chi connectivity index (χ3n) is 4.63. The van der Waals surface area contributed by atoms with Gasteiger partial charge < -0.3 is 14.6 Å². The van der Waals surface area contributed by atoms with Crippen LogP contribution in [0.2, 0.25) is 0 Å². The normalized spacial score (nSPS) is 13.0. The number of hydrogen-bond acceptors (Lipinski definition) is 3. The van der Waals surface area contributed by atoms with Crippen molar-refractivity contribution in [1.82, 2.24) is 10.2 Å². The molecule has 0 aliphatic carbocycles. The van der Waals surface area contributed by atoms with Crippen molar-refractivity contribution >= 4 is 16.9 Å². The van der Waals surface area contributed by atoms with Gasteiger partial charge in [-0.15, -0.1) is 0 Å². The molecule has 126 valence electrons. The summed E-state index contributed by atoms with van der Waals surface area (Å²) in [6, 6.07) is 4.46. The second-order valence-electron chi connectivity index (χ2n) is 6.90. The molecule has 1 aromatic carbocycles. The number of likely N-dealkylation sites (N-methyl/N-ethyl adjacent to an activating group) is 1. The Morgan fingerprint density at radius 1 is 1.26 bits per heavy atom. The van der Waals surface area contributed by atoms with Gasteiger partial charge in [0.1, 0.15) is 5.58 Å². The molecular weight excluding hydrogens is 288 g/mol. The molecule has 1 amide bonds. The van der Waals surface area contributed by atoms with E-state index in [0.717, 1.165) is 22.1 Å². The van der Waals surface area contributed by atoms with Gasteiger partial charge in [-0.2, -0.15) is 0 Å². The summed E-state index contributed by atoms with van der Waals surface area (Å²) in [5, 5.41) is 4.09. The van der Waals surface area contributed by atoms with E-state index in [1.54, 1.807) is 6.26 Å². The average molecular weight is 316 g/mol. The van der Waals surface area contributed by atoms with Crippen LogP contribution in [0.3, 0.4) is 0 Å². The second kappa shape index (κ2) is 7.18. The number of fused-ring (bicyclic) bond motifs is 1. The van der Waals surface area contributed by atoms with Crippen molar-refractivity contribution in [3.05, 3.63) is 35.1 Å². The fourth-order valence-electron chi connectivity index (χ4n) is 2.99. The molecular formula is C19H28N2O2. The highest BCUT2D eigenvalue weighted by molar-refractivity contribution is 5.89. The Labute approximate surface area is 138 Å². The molecule has 1 aromatic heterocycles. The van der Waals surface area contributed by atoms with Crippen molar-refractivity contribution < 1.29 is 9.21 Å². The lowest BCUT2D eigenvalue weighted by Gasteiger charge is -2.28. The molecule has 0 bridgehead atoms. The molecule has 1 N–H and O–H groups in total. The van der Waals surface area contributed by atoms with Crippen LogP contribution < -0.4 is 5.32 Å². The van der Waals surface area contributed by atoms with Crippen molar-refractivity contribution in [2.75, 3.05) is 20.6 Å². The first-order valence-electron chi connectivity index (χ1n) is 8.20. The van der Waals surface area contributed by atoms with Crippen molar-refractivity contribution in [1.29, 1.82) is 0 Å². The number of carbonyl (C=O) groups is 1. The van der Waals surface area contributed by atoms with Crippen LogP contribution in [0.25, 0.3) is 11.0 Å². The average Bonchev–Trinajstić information content (AvgIpc) is 2.86. The molecule has 4 nitrogen and oxygen atoms in total. The Balaban J connectivity index is 2.05. The lowest BCUT2D eigenvalue weighted by atomic mass is 10.0. The van der Waals surface area contributed by atoms with Gasteiger partial charge in [0.2, 0.25) is 5.91 Å². The summed E-state index contributed by atoms with van der Waals surface area (Å²) >= 11 is 0. The predicted molar refractivity (Wildman–Crippen MR) is 94.7 cm³/mol. The molecule has 1 unspecified atom stereocenters. The van der Waals surface area contributed by atoms with Gasteiger partial charge in [0.05, 0.1) is 12.7 Å². The predicted octanol–water partition coefficient (Wildman–Crippen LogP) is 3.29. The third kappa shape index (κ3) is 3.94. The van der Waals surface area contributed by atoms with Crippen molar-refractivity contribution in [2.45, 2.75) is 40.2 Å². The van der Waals surface area contributed by atoms with E-state index >= 15 is 0 Å². The highest BCUT2D eigenvalue weighted by Crippen LogP contribution is 2.26. The lowest BCUT2D eigenvalue weighted by Crippen LogP contribution is -2.43. The van der Waals surface area contributed by atoms with Crippen LogP contribution in [-0.4, -0.2) is 37.5 Å². The molecule has 0 aliphatic heterocycles. The molecule has 2 rings (SSSR count). The summed E-state index contributed by atoms with van der Waals surface area (Å²) in [7, 11) is 4.09. The quantitative estimate of drug-likeness (QED) is 0.889. The summed E-state index contributed by atoms with van der Waals surface area (Å²) in [4.78, 5) is 14.4. The molecule has 0 aliphatic rings. The minimum absolute atomic E-state index is 0.0402. The van der Waals surface area contributed by atoms with E-state index in [4.69, 9.17) is 4.42 Å². The summed E-state index contributed by atoms with van der Waals surface area (Å²) < 4.78 is 5.68. The molecule has 1 atom stereocenters. The van der Waals surface area contributed by atoms with E-state index < -0.39 is 0 Å². The Morgan fingerprint density at radius 3 is 2.57 bits per heavy atom. The van der Waals surface area contributed by atoms with Gasteiger partial charge in [-0.1, -0.05) is 26.0 Å². The maximum Gasteiger partial charge on any atom is 0.224 e. The first-order chi connectivity index (χ1) is 10.8. The summed E-state index contributed by atoms with van der Waals surface area (Å²) in [6.45, 7) is 9.13. The Morgan fingerprint density at radius 2 is 1.96 bits per heavy atom. The maximum atomic E-state index is 12.3. The fourth-order valence-corrected chi connectivity index (χ4v) is 2.99. The molecule has 0 fully saturated rings. The smallest absolute Gasteiger partial charge is 0.224 e. The number of amides is 1. The van der Waals surface area contributed by atoms with E-state index in [1.807, 2.05) is 20.2 Å². The summed E-state index contributed by atoms with van der Waals surface area (Å²) in [5.74, 6) is 0.532. The number of furan rings is 1. The Bertz CT molecular complexity index is 678. The number of carbonyl (C=O) groups excluding carboxylic acids is 1. The first-order valence-corrected chi connectivity index (χ1v) is 8.20. The highest BCUT2D eigenvalue weighted by Gasteiger charge is 2.18. The number of nitrogens with zero attached hydrogens (tertiary/aromatic N) is 1. The Kier molecular flexibility index (Phi) is 5.47. The van der Waals surface area contributed by atoms with Gasteiger partial charge in [-0.3, -0.25) is 4.79 Å². The van der Waals surface area contributed by atoms with E-state index in [2.05, 4.69) is 44.0 Å². The maximum absolute atomic E-state index is 12.3. The summed E-state index contributed by atoms with van der Waals surface area (Å²) in [6.07, 6.45) is 2.07. The zero-order valence-corrected chi connectivity index (χ0v) is 15.1. The van der Waals surface area contributed by atoms with Crippen LogP contribution >= 0.6 is 0 Å². The highest BCUT2D eigenvalue weighted by atomic mass is 16.3. The van der Waals surface area contributed by atoms with Crippen LogP contribution in [0, 0.1) is 19.8 Å². The summed E-state index contributed by atoms with van der Waals surface area (Å²) in [5.41, 5.74) is 4.18. The van der Waals surface area contributed by atoms with Crippen molar-refractivity contribution in [3.63, 3.8) is 0 Å².